The average Bonchev–Trinajstić information content (AvgIpc) is 3.06. The normalized spacial score (nSPS) is 13.7. The highest BCUT2D eigenvalue weighted by Gasteiger charge is 2.27. The second-order valence-electron chi connectivity index (χ2n) is 10.3. The van der Waals surface area contributed by atoms with E-state index in [1.54, 1.807) is 23.1 Å². The average molecular weight is 559 g/mol. The first-order valence-electron chi connectivity index (χ1n) is 14.0. The highest BCUT2D eigenvalue weighted by molar-refractivity contribution is 6.05. The molecule has 5 aromatic rings. The number of anilines is 2. The fraction of sp³-hybridized carbons (Fsp3) is 0.176. The Morgan fingerprint density at radius 1 is 0.762 bits per heavy atom. The van der Waals surface area contributed by atoms with Crippen LogP contribution in [0, 0.1) is 5.82 Å². The van der Waals surface area contributed by atoms with E-state index in [0.717, 1.165) is 37.6 Å². The predicted octanol–water partition coefficient (Wildman–Crippen LogP) is 5.77. The lowest BCUT2D eigenvalue weighted by atomic mass is 9.96. The zero-order valence-corrected chi connectivity index (χ0v) is 23.1. The first kappa shape index (κ1) is 27.2. The minimum atomic E-state index is -0.360. The maximum absolute atomic E-state index is 13.6. The molecule has 6 rings (SSSR count). The lowest BCUT2D eigenvalue weighted by Gasteiger charge is -2.40. The van der Waals surface area contributed by atoms with Gasteiger partial charge in [-0.3, -0.25) is 9.69 Å². The summed E-state index contributed by atoms with van der Waals surface area (Å²) in [5.41, 5.74) is 4.45. The molecule has 1 amide bonds. The minimum Gasteiger partial charge on any atom is -0.354 e. The monoisotopic (exact) mass is 558 g/mol. The third kappa shape index (κ3) is 6.19. The molecule has 1 aliphatic rings. The SMILES string of the molecule is O=C(c1ccnnc1)N(Cc1ccc(N2CCN(C(c3ccccc3)c3ccccc3)CC2)nc1)c1ccc(F)cc1. The second kappa shape index (κ2) is 12.7. The van der Waals surface area contributed by atoms with E-state index >= 15 is 0 Å². The van der Waals surface area contributed by atoms with E-state index in [2.05, 4.69) is 80.7 Å². The summed E-state index contributed by atoms with van der Waals surface area (Å²) in [7, 11) is 0. The number of piperazine rings is 1. The number of halogens is 1. The van der Waals surface area contributed by atoms with Gasteiger partial charge in [0.15, 0.2) is 0 Å². The van der Waals surface area contributed by atoms with Crippen molar-refractivity contribution in [3.63, 3.8) is 0 Å². The van der Waals surface area contributed by atoms with Gasteiger partial charge in [-0.1, -0.05) is 66.7 Å². The molecule has 1 fully saturated rings. The number of hydrogen-bond acceptors (Lipinski definition) is 6. The van der Waals surface area contributed by atoms with Gasteiger partial charge in [0.2, 0.25) is 0 Å². The molecule has 0 aliphatic carbocycles. The number of nitrogens with zero attached hydrogens (tertiary/aromatic N) is 6. The predicted molar refractivity (Wildman–Crippen MR) is 162 cm³/mol. The fourth-order valence-electron chi connectivity index (χ4n) is 5.45. The van der Waals surface area contributed by atoms with Crippen molar-refractivity contribution in [2.24, 2.45) is 0 Å². The van der Waals surface area contributed by atoms with Crippen molar-refractivity contribution in [3.8, 4) is 0 Å². The Labute approximate surface area is 244 Å². The van der Waals surface area contributed by atoms with E-state index in [9.17, 15) is 9.18 Å². The molecule has 8 heteroatoms. The molecule has 0 bridgehead atoms. The van der Waals surface area contributed by atoms with Gasteiger partial charge in [0, 0.05) is 38.1 Å². The van der Waals surface area contributed by atoms with Gasteiger partial charge >= 0.3 is 0 Å². The Hall–Kier alpha value is -4.95. The van der Waals surface area contributed by atoms with Crippen LogP contribution in [0.1, 0.15) is 33.1 Å². The van der Waals surface area contributed by atoms with Crippen LogP contribution < -0.4 is 9.80 Å². The summed E-state index contributed by atoms with van der Waals surface area (Å²) >= 11 is 0. The molecule has 0 spiro atoms. The molecule has 3 aromatic carbocycles. The van der Waals surface area contributed by atoms with Crippen LogP contribution in [-0.2, 0) is 6.54 Å². The molecule has 0 unspecified atom stereocenters. The van der Waals surface area contributed by atoms with Gasteiger partial charge in [-0.25, -0.2) is 9.37 Å². The summed E-state index contributed by atoms with van der Waals surface area (Å²) in [6, 6.07) is 33.1. The van der Waals surface area contributed by atoms with Crippen LogP contribution in [0.3, 0.4) is 0 Å². The van der Waals surface area contributed by atoms with Crippen LogP contribution in [0.25, 0.3) is 0 Å². The van der Waals surface area contributed by atoms with E-state index < -0.39 is 0 Å². The lowest BCUT2D eigenvalue weighted by molar-refractivity contribution is 0.0984. The summed E-state index contributed by atoms with van der Waals surface area (Å²) in [5.74, 6) is 0.303. The van der Waals surface area contributed by atoms with Crippen molar-refractivity contribution in [1.82, 2.24) is 20.1 Å². The maximum Gasteiger partial charge on any atom is 0.260 e. The van der Waals surface area contributed by atoms with Gasteiger partial charge in [-0.15, -0.1) is 0 Å². The summed E-state index contributed by atoms with van der Waals surface area (Å²) in [6.07, 6.45) is 4.72. The standard InChI is InChI=1S/C34H31FN6O/c35-30-12-14-31(15-13-30)41(34(42)29-17-18-37-38-24-29)25-26-11-16-32(36-23-26)39-19-21-40(22-20-39)33(27-7-3-1-4-8-27)28-9-5-2-6-10-28/h1-18,23-24,33H,19-22,25H2. The maximum atomic E-state index is 13.6. The van der Waals surface area contributed by atoms with E-state index in [-0.39, 0.29) is 24.3 Å². The Morgan fingerprint density at radius 2 is 1.43 bits per heavy atom. The number of benzene rings is 3. The summed E-state index contributed by atoms with van der Waals surface area (Å²) in [6.45, 7) is 3.81. The number of hydrogen-bond donors (Lipinski definition) is 0. The zero-order chi connectivity index (χ0) is 28.7. The Morgan fingerprint density at radius 3 is 2.00 bits per heavy atom. The van der Waals surface area contributed by atoms with Crippen LogP contribution in [0.15, 0.2) is 122 Å². The molecule has 0 saturated carbocycles. The molecule has 1 aliphatic heterocycles. The van der Waals surface area contributed by atoms with Crippen LogP contribution in [-0.4, -0.2) is 52.2 Å². The number of carbonyl (C=O) groups excluding carboxylic acids is 1. The van der Waals surface area contributed by atoms with Crippen molar-refractivity contribution >= 4 is 17.4 Å². The summed E-state index contributed by atoms with van der Waals surface area (Å²) < 4.78 is 13.6. The third-order valence-corrected chi connectivity index (χ3v) is 7.60. The van der Waals surface area contributed by atoms with E-state index in [4.69, 9.17) is 4.98 Å². The number of aromatic nitrogens is 3. The number of carbonyl (C=O) groups is 1. The van der Waals surface area contributed by atoms with Crippen molar-refractivity contribution in [2.45, 2.75) is 12.6 Å². The van der Waals surface area contributed by atoms with Gasteiger partial charge in [-0.2, -0.15) is 10.2 Å². The van der Waals surface area contributed by atoms with Crippen LogP contribution in [0.4, 0.5) is 15.9 Å². The van der Waals surface area contributed by atoms with Crippen molar-refractivity contribution in [3.05, 3.63) is 150 Å². The van der Waals surface area contributed by atoms with E-state index in [1.165, 1.54) is 35.7 Å². The Bertz CT molecular complexity index is 1540. The molecular formula is C34H31FN6O. The molecule has 210 valence electrons. The van der Waals surface area contributed by atoms with Gasteiger partial charge in [0.1, 0.15) is 11.6 Å². The molecule has 0 atom stereocenters. The summed E-state index contributed by atoms with van der Waals surface area (Å²) in [4.78, 5) is 24.6. The van der Waals surface area contributed by atoms with Crippen molar-refractivity contribution < 1.29 is 9.18 Å². The highest BCUT2D eigenvalue weighted by Crippen LogP contribution is 2.30. The van der Waals surface area contributed by atoms with Gasteiger partial charge in [0.25, 0.3) is 5.91 Å². The Kier molecular flexibility index (Phi) is 8.23. The zero-order valence-electron chi connectivity index (χ0n) is 23.1. The summed E-state index contributed by atoms with van der Waals surface area (Å²) in [5, 5.41) is 7.60. The molecule has 3 heterocycles. The quantitative estimate of drug-likeness (QED) is 0.241. The third-order valence-electron chi connectivity index (χ3n) is 7.60. The number of rotatable bonds is 8. The molecule has 7 nitrogen and oxygen atoms in total. The second-order valence-corrected chi connectivity index (χ2v) is 10.3. The first-order chi connectivity index (χ1) is 20.7. The van der Waals surface area contributed by atoms with Crippen molar-refractivity contribution in [2.75, 3.05) is 36.0 Å². The molecule has 0 N–H and O–H groups in total. The van der Waals surface area contributed by atoms with E-state index in [1.807, 2.05) is 18.3 Å². The number of pyridine rings is 1. The Balaban J connectivity index is 1.15. The largest absolute Gasteiger partial charge is 0.354 e. The molecular weight excluding hydrogens is 527 g/mol. The topological polar surface area (TPSA) is 65.5 Å². The highest BCUT2D eigenvalue weighted by atomic mass is 19.1. The lowest BCUT2D eigenvalue weighted by Crippen LogP contribution is -2.48. The first-order valence-corrected chi connectivity index (χ1v) is 14.0. The molecule has 1 saturated heterocycles. The van der Waals surface area contributed by atoms with Crippen molar-refractivity contribution in [1.29, 1.82) is 0 Å². The minimum absolute atomic E-state index is 0.204. The molecule has 2 aromatic heterocycles. The van der Waals surface area contributed by atoms with Crippen LogP contribution in [0.2, 0.25) is 0 Å². The smallest absolute Gasteiger partial charge is 0.260 e. The van der Waals surface area contributed by atoms with Gasteiger partial charge in [0.05, 0.1) is 30.5 Å². The van der Waals surface area contributed by atoms with Crippen LogP contribution >= 0.6 is 0 Å². The number of amides is 1. The molecule has 0 radical (unpaired) electrons. The fourth-order valence-corrected chi connectivity index (χ4v) is 5.45. The van der Waals surface area contributed by atoms with E-state index in [0.29, 0.717) is 11.3 Å². The van der Waals surface area contributed by atoms with Gasteiger partial charge < -0.3 is 9.80 Å². The van der Waals surface area contributed by atoms with Gasteiger partial charge in [-0.05, 0) is 53.1 Å². The van der Waals surface area contributed by atoms with Crippen LogP contribution in [0.5, 0.6) is 0 Å². The molecule has 42 heavy (non-hydrogen) atoms.